The summed E-state index contributed by atoms with van der Waals surface area (Å²) in [6.07, 6.45) is 0.741. The average molecular weight is 358 g/mol. The zero-order valence-corrected chi connectivity index (χ0v) is 15.1. The van der Waals surface area contributed by atoms with Crippen LogP contribution in [-0.4, -0.2) is 30.5 Å². The number of benzene rings is 1. The standard InChI is InChI=1S/C17H28BrNO2/c1-12(2)8-13(3)21-11-17(20)10-19-14(4)15-6-5-7-16(18)9-15/h5-7,9,12-14,17,19-20H,8,10-11H2,1-4H3/t13?,14-,17?/m1/s1. The van der Waals surface area contributed by atoms with Crippen LogP contribution in [0.25, 0.3) is 0 Å². The summed E-state index contributed by atoms with van der Waals surface area (Å²) < 4.78 is 6.74. The Hall–Kier alpha value is -0.420. The van der Waals surface area contributed by atoms with Crippen molar-refractivity contribution >= 4 is 15.9 Å². The van der Waals surface area contributed by atoms with Crippen molar-refractivity contribution in [2.24, 2.45) is 5.92 Å². The van der Waals surface area contributed by atoms with Gasteiger partial charge in [0.05, 0.1) is 18.8 Å². The van der Waals surface area contributed by atoms with Crippen molar-refractivity contribution in [3.63, 3.8) is 0 Å². The number of hydrogen-bond donors (Lipinski definition) is 2. The second kappa shape index (κ2) is 9.57. The summed E-state index contributed by atoms with van der Waals surface area (Å²) in [6.45, 7) is 9.42. The third kappa shape index (κ3) is 7.96. The number of aliphatic hydroxyl groups excluding tert-OH is 1. The summed E-state index contributed by atoms with van der Waals surface area (Å²) >= 11 is 3.47. The maximum atomic E-state index is 9.99. The van der Waals surface area contributed by atoms with Gasteiger partial charge in [0.1, 0.15) is 0 Å². The third-order valence-electron chi connectivity index (χ3n) is 3.38. The van der Waals surface area contributed by atoms with Crippen molar-refractivity contribution in [1.29, 1.82) is 0 Å². The molecule has 3 atom stereocenters. The Morgan fingerprint density at radius 3 is 2.57 bits per heavy atom. The molecule has 3 nitrogen and oxygen atoms in total. The van der Waals surface area contributed by atoms with E-state index in [1.54, 1.807) is 0 Å². The molecule has 1 aromatic rings. The van der Waals surface area contributed by atoms with E-state index in [0.29, 0.717) is 19.1 Å². The van der Waals surface area contributed by atoms with Gasteiger partial charge < -0.3 is 15.2 Å². The number of aliphatic hydroxyl groups is 1. The van der Waals surface area contributed by atoms with Crippen LogP contribution in [-0.2, 0) is 4.74 Å². The Bertz CT molecular complexity index is 412. The SMILES string of the molecule is CC(C)CC(C)OCC(O)CN[C@H](C)c1cccc(Br)c1. The lowest BCUT2D eigenvalue weighted by molar-refractivity contribution is -0.00914. The lowest BCUT2D eigenvalue weighted by Gasteiger charge is -2.20. The van der Waals surface area contributed by atoms with E-state index in [2.05, 4.69) is 61.1 Å². The van der Waals surface area contributed by atoms with Crippen molar-refractivity contribution in [3.05, 3.63) is 34.3 Å². The van der Waals surface area contributed by atoms with Crippen LogP contribution in [0.15, 0.2) is 28.7 Å². The molecule has 0 aliphatic carbocycles. The molecule has 0 bridgehead atoms. The van der Waals surface area contributed by atoms with E-state index in [1.165, 1.54) is 5.56 Å². The van der Waals surface area contributed by atoms with Crippen LogP contribution in [0, 0.1) is 5.92 Å². The van der Waals surface area contributed by atoms with Gasteiger partial charge in [0.25, 0.3) is 0 Å². The Morgan fingerprint density at radius 2 is 1.95 bits per heavy atom. The molecule has 1 aromatic carbocycles. The van der Waals surface area contributed by atoms with Crippen molar-refractivity contribution in [2.75, 3.05) is 13.2 Å². The average Bonchev–Trinajstić information content (AvgIpc) is 2.41. The first kappa shape index (κ1) is 18.6. The van der Waals surface area contributed by atoms with E-state index < -0.39 is 6.10 Å². The molecule has 0 spiro atoms. The monoisotopic (exact) mass is 357 g/mol. The van der Waals surface area contributed by atoms with Crippen molar-refractivity contribution < 1.29 is 9.84 Å². The Kier molecular flexibility index (Phi) is 8.49. The molecule has 0 fully saturated rings. The summed E-state index contributed by atoms with van der Waals surface area (Å²) in [5.74, 6) is 0.617. The Morgan fingerprint density at radius 1 is 1.24 bits per heavy atom. The highest BCUT2D eigenvalue weighted by Gasteiger charge is 2.12. The highest BCUT2D eigenvalue weighted by molar-refractivity contribution is 9.10. The van der Waals surface area contributed by atoms with Crippen molar-refractivity contribution in [1.82, 2.24) is 5.32 Å². The zero-order valence-electron chi connectivity index (χ0n) is 13.5. The molecule has 0 aliphatic heterocycles. The second-order valence-electron chi connectivity index (χ2n) is 6.11. The van der Waals surface area contributed by atoms with E-state index in [1.807, 2.05) is 12.1 Å². The molecule has 0 saturated heterocycles. The highest BCUT2D eigenvalue weighted by atomic mass is 79.9. The van der Waals surface area contributed by atoms with Gasteiger partial charge in [0.15, 0.2) is 0 Å². The van der Waals surface area contributed by atoms with Crippen LogP contribution >= 0.6 is 15.9 Å². The number of halogens is 1. The molecule has 0 amide bonds. The van der Waals surface area contributed by atoms with Gasteiger partial charge in [-0.2, -0.15) is 0 Å². The summed E-state index contributed by atoms with van der Waals surface area (Å²) in [4.78, 5) is 0. The molecule has 1 rings (SSSR count). The minimum atomic E-state index is -0.478. The number of rotatable bonds is 9. The molecule has 0 heterocycles. The quantitative estimate of drug-likeness (QED) is 0.703. The molecule has 21 heavy (non-hydrogen) atoms. The topological polar surface area (TPSA) is 41.5 Å². The summed E-state index contributed by atoms with van der Waals surface area (Å²) in [6, 6.07) is 8.39. The van der Waals surface area contributed by atoms with Crippen LogP contribution in [0.2, 0.25) is 0 Å². The minimum Gasteiger partial charge on any atom is -0.389 e. The lowest BCUT2D eigenvalue weighted by Crippen LogP contribution is -2.33. The molecular weight excluding hydrogens is 330 g/mol. The van der Waals surface area contributed by atoms with Gasteiger partial charge in [0.2, 0.25) is 0 Å². The summed E-state index contributed by atoms with van der Waals surface area (Å²) in [5, 5.41) is 13.3. The Labute approximate surface area is 137 Å². The third-order valence-corrected chi connectivity index (χ3v) is 3.88. The molecule has 0 aliphatic rings. The minimum absolute atomic E-state index is 0.196. The number of hydrogen-bond acceptors (Lipinski definition) is 3. The largest absolute Gasteiger partial charge is 0.389 e. The summed E-state index contributed by atoms with van der Waals surface area (Å²) in [7, 11) is 0. The predicted molar refractivity (Wildman–Crippen MR) is 91.4 cm³/mol. The molecule has 120 valence electrons. The molecule has 0 radical (unpaired) electrons. The first-order chi connectivity index (χ1) is 9.88. The lowest BCUT2D eigenvalue weighted by atomic mass is 10.1. The van der Waals surface area contributed by atoms with E-state index in [-0.39, 0.29) is 12.1 Å². The number of ether oxygens (including phenoxy) is 1. The molecule has 0 saturated carbocycles. The normalized spacial score (nSPS) is 16.0. The highest BCUT2D eigenvalue weighted by Crippen LogP contribution is 2.17. The van der Waals surface area contributed by atoms with Crippen LogP contribution in [0.5, 0.6) is 0 Å². The van der Waals surface area contributed by atoms with Crippen LogP contribution in [0.4, 0.5) is 0 Å². The molecule has 4 heteroatoms. The fourth-order valence-electron chi connectivity index (χ4n) is 2.27. The first-order valence-electron chi connectivity index (χ1n) is 7.67. The van der Waals surface area contributed by atoms with Crippen molar-refractivity contribution in [3.8, 4) is 0 Å². The van der Waals surface area contributed by atoms with Gasteiger partial charge in [-0.25, -0.2) is 0 Å². The van der Waals surface area contributed by atoms with Crippen LogP contribution in [0.3, 0.4) is 0 Å². The molecular formula is C17H28BrNO2. The smallest absolute Gasteiger partial charge is 0.0898 e. The van der Waals surface area contributed by atoms with Gasteiger partial charge in [-0.15, -0.1) is 0 Å². The fraction of sp³-hybridized carbons (Fsp3) is 0.647. The Balaban J connectivity index is 2.27. The second-order valence-corrected chi connectivity index (χ2v) is 7.03. The molecule has 2 unspecified atom stereocenters. The predicted octanol–water partition coefficient (Wildman–Crippen LogP) is 3.91. The molecule has 0 aromatic heterocycles. The van der Waals surface area contributed by atoms with E-state index >= 15 is 0 Å². The van der Waals surface area contributed by atoms with E-state index in [0.717, 1.165) is 10.9 Å². The van der Waals surface area contributed by atoms with Gasteiger partial charge in [-0.3, -0.25) is 0 Å². The zero-order chi connectivity index (χ0) is 15.8. The first-order valence-corrected chi connectivity index (χ1v) is 8.46. The van der Waals surface area contributed by atoms with Gasteiger partial charge in [0, 0.05) is 17.1 Å². The van der Waals surface area contributed by atoms with Crippen LogP contribution < -0.4 is 5.32 Å². The van der Waals surface area contributed by atoms with Crippen LogP contribution in [0.1, 0.15) is 45.7 Å². The van der Waals surface area contributed by atoms with Gasteiger partial charge in [-0.1, -0.05) is 41.9 Å². The summed E-state index contributed by atoms with van der Waals surface area (Å²) in [5.41, 5.74) is 1.20. The van der Waals surface area contributed by atoms with Crippen molar-refractivity contribution in [2.45, 2.75) is 52.4 Å². The maximum Gasteiger partial charge on any atom is 0.0898 e. The molecule has 2 N–H and O–H groups in total. The van der Waals surface area contributed by atoms with E-state index in [9.17, 15) is 5.11 Å². The maximum absolute atomic E-state index is 9.99. The van der Waals surface area contributed by atoms with E-state index in [4.69, 9.17) is 4.74 Å². The fourth-order valence-corrected chi connectivity index (χ4v) is 2.69. The number of nitrogens with one attached hydrogen (secondary N) is 1. The van der Waals surface area contributed by atoms with Gasteiger partial charge >= 0.3 is 0 Å². The van der Waals surface area contributed by atoms with Gasteiger partial charge in [-0.05, 0) is 43.9 Å².